The molecule has 0 spiro atoms. The lowest BCUT2D eigenvalue weighted by Crippen LogP contribution is -2.20. The van der Waals surface area contributed by atoms with Gasteiger partial charge in [-0.15, -0.1) is 0 Å². The van der Waals surface area contributed by atoms with Crippen LogP contribution in [0.5, 0.6) is 0 Å². The van der Waals surface area contributed by atoms with E-state index in [0.717, 1.165) is 37.1 Å². The highest BCUT2D eigenvalue weighted by atomic mass is 79.9. The van der Waals surface area contributed by atoms with Crippen LogP contribution < -0.4 is 10.2 Å². The van der Waals surface area contributed by atoms with Crippen molar-refractivity contribution < 1.29 is 4.74 Å². The molecule has 1 aromatic rings. The van der Waals surface area contributed by atoms with Crippen LogP contribution in [0.15, 0.2) is 22.7 Å². The normalized spacial score (nSPS) is 10.7. The minimum absolute atomic E-state index is 0.749. The molecule has 4 heteroatoms. The van der Waals surface area contributed by atoms with Crippen LogP contribution in [-0.2, 0) is 11.3 Å². The molecule has 0 amide bonds. The first-order valence-corrected chi connectivity index (χ1v) is 7.17. The second-order valence-electron chi connectivity index (χ2n) is 4.38. The summed E-state index contributed by atoms with van der Waals surface area (Å²) in [7, 11) is 3.84. The minimum Gasteiger partial charge on any atom is -0.383 e. The van der Waals surface area contributed by atoms with Gasteiger partial charge in [0.25, 0.3) is 0 Å². The molecule has 1 N–H and O–H groups in total. The summed E-state index contributed by atoms with van der Waals surface area (Å²) in [6, 6.07) is 6.53. The molecule has 0 heterocycles. The molecule has 102 valence electrons. The highest BCUT2D eigenvalue weighted by Crippen LogP contribution is 2.26. The van der Waals surface area contributed by atoms with Gasteiger partial charge < -0.3 is 15.0 Å². The molecule has 1 rings (SSSR count). The maximum absolute atomic E-state index is 5.00. The molecule has 0 aliphatic carbocycles. The van der Waals surface area contributed by atoms with Gasteiger partial charge in [0.05, 0.1) is 12.3 Å². The number of hydrogen-bond acceptors (Lipinski definition) is 3. The molecule has 0 saturated carbocycles. The van der Waals surface area contributed by atoms with E-state index < -0.39 is 0 Å². The molecule has 0 aliphatic heterocycles. The van der Waals surface area contributed by atoms with E-state index in [2.05, 4.69) is 58.3 Å². The fourth-order valence-corrected chi connectivity index (χ4v) is 2.56. The van der Waals surface area contributed by atoms with Crippen molar-refractivity contribution in [2.24, 2.45) is 0 Å². The van der Waals surface area contributed by atoms with Crippen LogP contribution in [0.4, 0.5) is 5.69 Å². The Labute approximate surface area is 119 Å². The Morgan fingerprint density at radius 3 is 2.78 bits per heavy atom. The lowest BCUT2D eigenvalue weighted by molar-refractivity contribution is 0.199. The van der Waals surface area contributed by atoms with E-state index in [1.54, 1.807) is 7.11 Å². The van der Waals surface area contributed by atoms with E-state index >= 15 is 0 Å². The predicted molar refractivity (Wildman–Crippen MR) is 81.3 cm³/mol. The zero-order valence-electron chi connectivity index (χ0n) is 11.5. The average Bonchev–Trinajstić information content (AvgIpc) is 2.35. The first-order chi connectivity index (χ1) is 8.69. The van der Waals surface area contributed by atoms with Crippen LogP contribution in [0.25, 0.3) is 0 Å². The lowest BCUT2D eigenvalue weighted by atomic mass is 10.2. The molecular weight excluding hydrogens is 292 g/mol. The third-order valence-corrected chi connectivity index (χ3v) is 3.43. The summed E-state index contributed by atoms with van der Waals surface area (Å²) in [5, 5.41) is 3.34. The standard InChI is InChI=1S/C14H23BrN2O/c1-4-8-17(2)14-6-5-12(10-13(14)15)11-16-7-9-18-3/h5-6,10,16H,4,7-9,11H2,1-3H3. The van der Waals surface area contributed by atoms with E-state index in [9.17, 15) is 0 Å². The van der Waals surface area contributed by atoms with Gasteiger partial charge in [-0.2, -0.15) is 0 Å². The van der Waals surface area contributed by atoms with Crippen molar-refractivity contribution >= 4 is 21.6 Å². The van der Waals surface area contributed by atoms with Crippen LogP contribution in [0.1, 0.15) is 18.9 Å². The van der Waals surface area contributed by atoms with Crippen LogP contribution in [0.2, 0.25) is 0 Å². The summed E-state index contributed by atoms with van der Waals surface area (Å²) < 4.78 is 6.16. The smallest absolute Gasteiger partial charge is 0.0587 e. The molecule has 0 aliphatic rings. The van der Waals surface area contributed by atoms with Gasteiger partial charge in [0.1, 0.15) is 0 Å². The van der Waals surface area contributed by atoms with Gasteiger partial charge in [0.2, 0.25) is 0 Å². The van der Waals surface area contributed by atoms with Crippen molar-refractivity contribution in [3.63, 3.8) is 0 Å². The minimum atomic E-state index is 0.749. The number of benzene rings is 1. The second-order valence-corrected chi connectivity index (χ2v) is 5.23. The molecule has 1 aromatic carbocycles. The molecular formula is C14H23BrN2O. The average molecular weight is 315 g/mol. The number of nitrogens with zero attached hydrogens (tertiary/aromatic N) is 1. The van der Waals surface area contributed by atoms with Crippen molar-refractivity contribution in [1.82, 2.24) is 5.32 Å². The maximum Gasteiger partial charge on any atom is 0.0587 e. The number of hydrogen-bond donors (Lipinski definition) is 1. The molecule has 0 atom stereocenters. The third kappa shape index (κ3) is 4.96. The highest BCUT2D eigenvalue weighted by Gasteiger charge is 2.05. The summed E-state index contributed by atoms with van der Waals surface area (Å²) in [4.78, 5) is 2.27. The quantitative estimate of drug-likeness (QED) is 0.746. The van der Waals surface area contributed by atoms with E-state index in [1.165, 1.54) is 11.3 Å². The Bertz CT molecular complexity index is 358. The highest BCUT2D eigenvalue weighted by molar-refractivity contribution is 9.10. The summed E-state index contributed by atoms with van der Waals surface area (Å²) in [6.07, 6.45) is 1.16. The van der Waals surface area contributed by atoms with Crippen LogP contribution in [-0.4, -0.2) is 33.9 Å². The van der Waals surface area contributed by atoms with Gasteiger partial charge in [0.15, 0.2) is 0 Å². The first kappa shape index (κ1) is 15.5. The molecule has 0 radical (unpaired) electrons. The third-order valence-electron chi connectivity index (χ3n) is 2.79. The largest absolute Gasteiger partial charge is 0.383 e. The summed E-state index contributed by atoms with van der Waals surface area (Å²) in [5.41, 5.74) is 2.53. The Hall–Kier alpha value is -0.580. The molecule has 0 unspecified atom stereocenters. The van der Waals surface area contributed by atoms with Crippen LogP contribution >= 0.6 is 15.9 Å². The molecule has 0 bridgehead atoms. The summed E-state index contributed by atoms with van der Waals surface area (Å²) in [6.45, 7) is 5.77. The Balaban J connectivity index is 2.56. The summed E-state index contributed by atoms with van der Waals surface area (Å²) >= 11 is 3.65. The van der Waals surface area contributed by atoms with Gasteiger partial charge in [0, 0.05) is 38.3 Å². The van der Waals surface area contributed by atoms with Crippen molar-refractivity contribution in [3.8, 4) is 0 Å². The van der Waals surface area contributed by atoms with Crippen molar-refractivity contribution in [1.29, 1.82) is 0 Å². The number of rotatable bonds is 8. The van der Waals surface area contributed by atoms with Crippen molar-refractivity contribution in [3.05, 3.63) is 28.2 Å². The molecule has 3 nitrogen and oxygen atoms in total. The Morgan fingerprint density at radius 1 is 1.39 bits per heavy atom. The van der Waals surface area contributed by atoms with Crippen molar-refractivity contribution in [2.75, 3.05) is 38.8 Å². The van der Waals surface area contributed by atoms with Gasteiger partial charge in [-0.05, 0) is 40.0 Å². The number of ether oxygens (including phenoxy) is 1. The SMILES string of the molecule is CCCN(C)c1ccc(CNCCOC)cc1Br. The van der Waals surface area contributed by atoms with E-state index in [0.29, 0.717) is 0 Å². The Kier molecular flexibility index (Phi) is 7.32. The zero-order chi connectivity index (χ0) is 13.4. The first-order valence-electron chi connectivity index (χ1n) is 6.38. The topological polar surface area (TPSA) is 24.5 Å². The monoisotopic (exact) mass is 314 g/mol. The number of halogens is 1. The van der Waals surface area contributed by atoms with E-state index in [1.807, 2.05) is 0 Å². The maximum atomic E-state index is 5.00. The van der Waals surface area contributed by atoms with E-state index in [-0.39, 0.29) is 0 Å². The van der Waals surface area contributed by atoms with Gasteiger partial charge in [-0.25, -0.2) is 0 Å². The van der Waals surface area contributed by atoms with Crippen LogP contribution in [0.3, 0.4) is 0 Å². The fourth-order valence-electron chi connectivity index (χ4n) is 1.83. The van der Waals surface area contributed by atoms with E-state index in [4.69, 9.17) is 4.74 Å². The zero-order valence-corrected chi connectivity index (χ0v) is 13.1. The number of nitrogens with one attached hydrogen (secondary N) is 1. The lowest BCUT2D eigenvalue weighted by Gasteiger charge is -2.20. The van der Waals surface area contributed by atoms with Gasteiger partial charge >= 0.3 is 0 Å². The summed E-state index contributed by atoms with van der Waals surface area (Å²) in [5.74, 6) is 0. The second kappa shape index (κ2) is 8.51. The van der Waals surface area contributed by atoms with Crippen LogP contribution in [0, 0.1) is 0 Å². The molecule has 18 heavy (non-hydrogen) atoms. The molecule has 0 aromatic heterocycles. The van der Waals surface area contributed by atoms with Gasteiger partial charge in [-0.1, -0.05) is 13.0 Å². The fraction of sp³-hybridized carbons (Fsp3) is 0.571. The van der Waals surface area contributed by atoms with Gasteiger partial charge in [-0.3, -0.25) is 0 Å². The predicted octanol–water partition coefficient (Wildman–Crippen LogP) is 3.03. The molecule has 0 saturated heterocycles. The molecule has 0 fully saturated rings. The van der Waals surface area contributed by atoms with Crippen molar-refractivity contribution in [2.45, 2.75) is 19.9 Å². The number of anilines is 1. The number of methoxy groups -OCH3 is 1. The Morgan fingerprint density at radius 2 is 2.17 bits per heavy atom.